The van der Waals surface area contributed by atoms with Gasteiger partial charge in [-0.15, -0.1) is 0 Å². The molecule has 4 heteroatoms. The van der Waals surface area contributed by atoms with Crippen molar-refractivity contribution in [2.75, 3.05) is 13.7 Å². The third kappa shape index (κ3) is 2.64. The van der Waals surface area contributed by atoms with Gasteiger partial charge in [-0.2, -0.15) is 0 Å². The number of quaternary nitrogens is 1. The van der Waals surface area contributed by atoms with Crippen LogP contribution in [0.5, 0.6) is 0 Å². The van der Waals surface area contributed by atoms with Gasteiger partial charge in [0.1, 0.15) is 5.69 Å². The van der Waals surface area contributed by atoms with Crippen molar-refractivity contribution in [3.63, 3.8) is 0 Å². The second-order valence-corrected chi connectivity index (χ2v) is 3.89. The molecule has 0 amide bonds. The number of hydrogen-bond acceptors (Lipinski definition) is 2. The predicted octanol–water partition coefficient (Wildman–Crippen LogP) is 1.02. The van der Waals surface area contributed by atoms with E-state index in [1.54, 1.807) is 0 Å². The van der Waals surface area contributed by atoms with Crippen molar-refractivity contribution in [2.45, 2.75) is 6.42 Å². The van der Waals surface area contributed by atoms with Gasteiger partial charge in [0, 0.05) is 29.3 Å². The van der Waals surface area contributed by atoms with Gasteiger partial charge >= 0.3 is 0 Å². The highest BCUT2D eigenvalue weighted by molar-refractivity contribution is 9.10. The van der Waals surface area contributed by atoms with Crippen LogP contribution in [0.25, 0.3) is 0 Å². The van der Waals surface area contributed by atoms with Gasteiger partial charge in [0.25, 0.3) is 0 Å². The maximum atomic E-state index is 8.76. The van der Waals surface area contributed by atoms with Crippen molar-refractivity contribution < 1.29 is 10.4 Å². The number of nitrogens with two attached hydrogens (primary N) is 1. The van der Waals surface area contributed by atoms with Gasteiger partial charge in [0.05, 0.1) is 12.6 Å². The second-order valence-electron chi connectivity index (χ2n) is 2.97. The fourth-order valence-corrected chi connectivity index (χ4v) is 1.67. The van der Waals surface area contributed by atoms with Crippen LogP contribution in [0.1, 0.15) is 12.0 Å². The minimum Gasteiger partial charge on any atom is -0.396 e. The smallest absolute Gasteiger partial charge is 0.139 e. The lowest BCUT2D eigenvalue weighted by atomic mass is 10.1. The molecule has 0 saturated heterocycles. The Morgan fingerprint density at radius 1 is 1.57 bits per heavy atom. The molecule has 0 aliphatic carbocycles. The van der Waals surface area contributed by atoms with Crippen molar-refractivity contribution in [3.8, 4) is 0 Å². The molecule has 0 heterocycles. The van der Waals surface area contributed by atoms with Crippen LogP contribution in [0.2, 0.25) is 0 Å². The predicted molar refractivity (Wildman–Crippen MR) is 60.2 cm³/mol. The normalized spacial score (nSPS) is 10.2. The molecule has 0 unspecified atom stereocenters. The Bertz CT molecular complexity index is 339. The molecule has 0 atom stereocenters. The van der Waals surface area contributed by atoms with Gasteiger partial charge in [-0.05, 0) is 12.1 Å². The van der Waals surface area contributed by atoms with Crippen molar-refractivity contribution in [1.29, 1.82) is 5.41 Å². The third-order valence-electron chi connectivity index (χ3n) is 2.01. The number of aliphatic hydroxyl groups is 1. The zero-order valence-corrected chi connectivity index (χ0v) is 9.63. The maximum absolute atomic E-state index is 8.76. The van der Waals surface area contributed by atoms with Gasteiger partial charge in [0.15, 0.2) is 0 Å². The van der Waals surface area contributed by atoms with E-state index < -0.39 is 0 Å². The standard InChI is InChI=1S/C10H13BrN2O/c1-13-10-6-7(11)2-3-8(10)9(12)4-5-14/h2-3,6,12-14H,4-5H2,1H3/p+1. The lowest BCUT2D eigenvalue weighted by Gasteiger charge is -2.06. The average Bonchev–Trinajstić information content (AvgIpc) is 2.17. The summed E-state index contributed by atoms with van der Waals surface area (Å²) in [5.74, 6) is 0. The largest absolute Gasteiger partial charge is 0.396 e. The average molecular weight is 258 g/mol. The number of aliphatic hydroxyl groups excluding tert-OH is 1. The number of hydrogen-bond donors (Lipinski definition) is 3. The molecule has 0 aromatic heterocycles. The van der Waals surface area contributed by atoms with E-state index in [2.05, 4.69) is 15.9 Å². The summed E-state index contributed by atoms with van der Waals surface area (Å²) in [4.78, 5) is 0. The molecular weight excluding hydrogens is 244 g/mol. The van der Waals surface area contributed by atoms with Gasteiger partial charge in [-0.3, -0.25) is 0 Å². The lowest BCUT2D eigenvalue weighted by molar-refractivity contribution is -0.539. The SMILES string of the molecule is C[NH2+]c1cc(Br)ccc1C(=N)CCO. The van der Waals surface area contributed by atoms with Gasteiger partial charge in [-0.1, -0.05) is 15.9 Å². The van der Waals surface area contributed by atoms with Crippen molar-refractivity contribution in [1.82, 2.24) is 0 Å². The molecule has 0 radical (unpaired) electrons. The molecule has 0 bridgehead atoms. The summed E-state index contributed by atoms with van der Waals surface area (Å²) in [5.41, 5.74) is 2.40. The quantitative estimate of drug-likeness (QED) is 0.548. The zero-order valence-electron chi connectivity index (χ0n) is 8.05. The van der Waals surface area contributed by atoms with Crippen LogP contribution in [-0.2, 0) is 0 Å². The molecule has 1 rings (SSSR count). The molecule has 0 saturated carbocycles. The third-order valence-corrected chi connectivity index (χ3v) is 2.50. The minimum atomic E-state index is 0.0258. The summed E-state index contributed by atoms with van der Waals surface area (Å²) in [6.07, 6.45) is 0.405. The Morgan fingerprint density at radius 3 is 2.86 bits per heavy atom. The molecule has 1 aromatic rings. The van der Waals surface area contributed by atoms with Gasteiger partial charge < -0.3 is 15.8 Å². The molecule has 76 valence electrons. The number of halogens is 1. The molecule has 0 aliphatic rings. The van der Waals surface area contributed by atoms with Crippen molar-refractivity contribution in [2.24, 2.45) is 0 Å². The number of benzene rings is 1. The van der Waals surface area contributed by atoms with Crippen LogP contribution in [-0.4, -0.2) is 24.5 Å². The van der Waals surface area contributed by atoms with E-state index >= 15 is 0 Å². The molecule has 0 spiro atoms. The van der Waals surface area contributed by atoms with E-state index in [4.69, 9.17) is 10.5 Å². The van der Waals surface area contributed by atoms with Gasteiger partial charge in [-0.25, -0.2) is 0 Å². The van der Waals surface area contributed by atoms with Crippen LogP contribution >= 0.6 is 15.9 Å². The first kappa shape index (κ1) is 11.4. The maximum Gasteiger partial charge on any atom is 0.139 e. The van der Waals surface area contributed by atoms with Crippen LogP contribution in [0.15, 0.2) is 22.7 Å². The molecule has 0 aliphatic heterocycles. The minimum absolute atomic E-state index is 0.0258. The van der Waals surface area contributed by atoms with Crippen LogP contribution < -0.4 is 5.32 Å². The summed E-state index contributed by atoms with van der Waals surface area (Å²) >= 11 is 3.39. The van der Waals surface area contributed by atoms with Crippen LogP contribution in [0, 0.1) is 5.41 Å². The van der Waals surface area contributed by atoms with E-state index in [0.29, 0.717) is 12.1 Å². The lowest BCUT2D eigenvalue weighted by Crippen LogP contribution is -2.73. The highest BCUT2D eigenvalue weighted by Gasteiger charge is 2.09. The molecular formula is C10H14BrN2O+. The second kappa shape index (κ2) is 5.24. The molecule has 4 N–H and O–H groups in total. The topological polar surface area (TPSA) is 60.7 Å². The van der Waals surface area contributed by atoms with E-state index in [1.165, 1.54) is 0 Å². The highest BCUT2D eigenvalue weighted by atomic mass is 79.9. The van der Waals surface area contributed by atoms with Crippen LogP contribution in [0.3, 0.4) is 0 Å². The molecule has 0 fully saturated rings. The molecule has 3 nitrogen and oxygen atoms in total. The van der Waals surface area contributed by atoms with E-state index in [9.17, 15) is 0 Å². The monoisotopic (exact) mass is 257 g/mol. The fourth-order valence-electron chi connectivity index (χ4n) is 1.29. The first-order valence-electron chi connectivity index (χ1n) is 4.46. The summed E-state index contributed by atoms with van der Waals surface area (Å²) in [5, 5.41) is 18.5. The molecule has 1 aromatic carbocycles. The van der Waals surface area contributed by atoms with Gasteiger partial charge in [0.2, 0.25) is 0 Å². The summed E-state index contributed by atoms with van der Waals surface area (Å²) in [7, 11) is 1.94. The summed E-state index contributed by atoms with van der Waals surface area (Å²) in [6.45, 7) is 0.0258. The zero-order chi connectivity index (χ0) is 10.6. The van der Waals surface area contributed by atoms with E-state index in [1.807, 2.05) is 30.6 Å². The summed E-state index contributed by atoms with van der Waals surface area (Å²) in [6, 6.07) is 5.78. The first-order chi connectivity index (χ1) is 6.69. The fraction of sp³-hybridized carbons (Fsp3) is 0.300. The Labute approximate surface area is 91.8 Å². The first-order valence-corrected chi connectivity index (χ1v) is 5.26. The van der Waals surface area contributed by atoms with E-state index in [0.717, 1.165) is 15.7 Å². The Morgan fingerprint density at radius 2 is 2.29 bits per heavy atom. The number of rotatable bonds is 4. The van der Waals surface area contributed by atoms with E-state index in [-0.39, 0.29) is 6.61 Å². The molecule has 14 heavy (non-hydrogen) atoms. The number of nitrogens with one attached hydrogen (secondary N) is 1. The Balaban J connectivity index is 3.01. The van der Waals surface area contributed by atoms with Crippen molar-refractivity contribution >= 4 is 27.3 Å². The highest BCUT2D eigenvalue weighted by Crippen LogP contribution is 2.18. The Hall–Kier alpha value is -0.710. The van der Waals surface area contributed by atoms with Crippen molar-refractivity contribution in [3.05, 3.63) is 28.2 Å². The summed E-state index contributed by atoms with van der Waals surface area (Å²) < 4.78 is 1.01. The van der Waals surface area contributed by atoms with Crippen LogP contribution in [0.4, 0.5) is 5.69 Å². The Kier molecular flexibility index (Phi) is 4.25.